The highest BCUT2D eigenvalue weighted by Gasteiger charge is 2.15. The molecule has 7 heteroatoms. The van der Waals surface area contributed by atoms with Gasteiger partial charge >= 0.3 is 5.82 Å². The normalized spacial score (nSPS) is 10.2. The lowest BCUT2D eigenvalue weighted by molar-refractivity contribution is -0.392. The first-order chi connectivity index (χ1) is 7.15. The van der Waals surface area contributed by atoms with Crippen molar-refractivity contribution < 1.29 is 14.1 Å². The standard InChI is InChI=1S/C8H10FN3O3/c9-3-1-2-7(13)5-11-6-10-4-8(11)12(14)15/h4,6H,1-3,5H2. The van der Waals surface area contributed by atoms with Crippen LogP contribution in [0.3, 0.4) is 0 Å². The van der Waals surface area contributed by atoms with Gasteiger partial charge in [-0.2, -0.15) is 0 Å². The molecule has 0 saturated carbocycles. The molecule has 0 fully saturated rings. The van der Waals surface area contributed by atoms with Crippen LogP contribution in [0.5, 0.6) is 0 Å². The zero-order valence-electron chi connectivity index (χ0n) is 7.93. The third kappa shape index (κ3) is 3.12. The second kappa shape index (κ2) is 5.18. The van der Waals surface area contributed by atoms with E-state index < -0.39 is 11.6 Å². The third-order valence-electron chi connectivity index (χ3n) is 1.81. The summed E-state index contributed by atoms with van der Waals surface area (Å²) < 4.78 is 12.9. The van der Waals surface area contributed by atoms with Gasteiger partial charge in [-0.15, -0.1) is 0 Å². The van der Waals surface area contributed by atoms with Gasteiger partial charge in [0.1, 0.15) is 6.20 Å². The Hall–Kier alpha value is -1.79. The molecule has 0 radical (unpaired) electrons. The number of imidazole rings is 1. The van der Waals surface area contributed by atoms with Crippen LogP contribution in [0.15, 0.2) is 12.5 Å². The van der Waals surface area contributed by atoms with E-state index in [1.54, 1.807) is 0 Å². The van der Waals surface area contributed by atoms with Crippen molar-refractivity contribution in [3.8, 4) is 0 Å². The smallest absolute Gasteiger partial charge is 0.343 e. The Balaban J connectivity index is 2.60. The summed E-state index contributed by atoms with van der Waals surface area (Å²) in [5.74, 6) is -0.475. The van der Waals surface area contributed by atoms with Crippen LogP contribution in [0.4, 0.5) is 10.2 Å². The lowest BCUT2D eigenvalue weighted by Crippen LogP contribution is -2.11. The fourth-order valence-electron chi connectivity index (χ4n) is 1.12. The Kier molecular flexibility index (Phi) is 3.90. The molecule has 0 aromatic carbocycles. The molecule has 0 saturated heterocycles. The number of aromatic nitrogens is 2. The van der Waals surface area contributed by atoms with Crippen molar-refractivity contribution in [2.75, 3.05) is 6.67 Å². The lowest BCUT2D eigenvalue weighted by Gasteiger charge is -1.99. The number of nitro groups is 1. The number of alkyl halides is 1. The van der Waals surface area contributed by atoms with Gasteiger partial charge in [-0.05, 0) is 11.3 Å². The molecular weight excluding hydrogens is 205 g/mol. The minimum atomic E-state index is -0.616. The summed E-state index contributed by atoms with van der Waals surface area (Å²) >= 11 is 0. The molecule has 0 bridgehead atoms. The van der Waals surface area contributed by atoms with Crippen LogP contribution >= 0.6 is 0 Å². The van der Waals surface area contributed by atoms with Crippen molar-refractivity contribution in [1.82, 2.24) is 9.55 Å². The average molecular weight is 215 g/mol. The zero-order chi connectivity index (χ0) is 11.3. The number of nitrogens with zero attached hydrogens (tertiary/aromatic N) is 3. The summed E-state index contributed by atoms with van der Waals surface area (Å²) in [6, 6.07) is 0. The van der Waals surface area contributed by atoms with Gasteiger partial charge < -0.3 is 10.1 Å². The van der Waals surface area contributed by atoms with Gasteiger partial charge in [0.2, 0.25) is 0 Å². The number of ketones is 1. The van der Waals surface area contributed by atoms with E-state index in [4.69, 9.17) is 0 Å². The molecule has 82 valence electrons. The third-order valence-corrected chi connectivity index (χ3v) is 1.81. The summed E-state index contributed by atoms with van der Waals surface area (Å²) in [7, 11) is 0. The maximum Gasteiger partial charge on any atom is 0.343 e. The van der Waals surface area contributed by atoms with Gasteiger partial charge in [0.15, 0.2) is 18.7 Å². The molecule has 1 aromatic rings. The van der Waals surface area contributed by atoms with Crippen molar-refractivity contribution in [1.29, 1.82) is 0 Å². The van der Waals surface area contributed by atoms with Gasteiger partial charge in [0.25, 0.3) is 0 Å². The van der Waals surface area contributed by atoms with Crippen molar-refractivity contribution in [3.05, 3.63) is 22.6 Å². The average Bonchev–Trinajstić information content (AvgIpc) is 2.62. The van der Waals surface area contributed by atoms with Gasteiger partial charge in [0, 0.05) is 6.42 Å². The molecular formula is C8H10FN3O3. The number of rotatable bonds is 6. The summed E-state index contributed by atoms with van der Waals surface area (Å²) in [5, 5.41) is 10.5. The molecule has 1 aromatic heterocycles. The highest BCUT2D eigenvalue weighted by molar-refractivity contribution is 5.78. The van der Waals surface area contributed by atoms with Crippen LogP contribution in [0, 0.1) is 10.1 Å². The van der Waals surface area contributed by atoms with Crippen LogP contribution in [0.1, 0.15) is 12.8 Å². The fraction of sp³-hybridized carbons (Fsp3) is 0.500. The largest absolute Gasteiger partial charge is 0.358 e. The van der Waals surface area contributed by atoms with Crippen LogP contribution in [0.2, 0.25) is 0 Å². The first kappa shape index (κ1) is 11.3. The van der Waals surface area contributed by atoms with Gasteiger partial charge in [-0.1, -0.05) is 0 Å². The predicted octanol–water partition coefficient (Wildman–Crippen LogP) is 1.11. The van der Waals surface area contributed by atoms with E-state index in [9.17, 15) is 19.3 Å². The molecule has 1 heterocycles. The van der Waals surface area contributed by atoms with Crippen molar-refractivity contribution in [2.45, 2.75) is 19.4 Å². The van der Waals surface area contributed by atoms with E-state index in [-0.39, 0.29) is 31.0 Å². The first-order valence-corrected chi connectivity index (χ1v) is 4.37. The zero-order valence-corrected chi connectivity index (χ0v) is 7.93. The molecule has 0 atom stereocenters. The van der Waals surface area contributed by atoms with Gasteiger partial charge in [-0.25, -0.2) is 9.55 Å². The molecule has 6 nitrogen and oxygen atoms in total. The van der Waals surface area contributed by atoms with Crippen LogP contribution < -0.4 is 0 Å². The van der Waals surface area contributed by atoms with E-state index >= 15 is 0 Å². The fourth-order valence-corrected chi connectivity index (χ4v) is 1.12. The maximum atomic E-state index is 11.8. The number of hydrogen-bond acceptors (Lipinski definition) is 4. The monoisotopic (exact) mass is 215 g/mol. The molecule has 0 amide bonds. The van der Waals surface area contributed by atoms with E-state index in [1.165, 1.54) is 6.33 Å². The summed E-state index contributed by atoms with van der Waals surface area (Å²) in [6.07, 6.45) is 2.53. The second-order valence-electron chi connectivity index (χ2n) is 2.97. The van der Waals surface area contributed by atoms with E-state index in [0.717, 1.165) is 10.8 Å². The molecule has 0 N–H and O–H groups in total. The van der Waals surface area contributed by atoms with Crippen molar-refractivity contribution >= 4 is 11.6 Å². The molecule has 0 unspecified atom stereocenters. The highest BCUT2D eigenvalue weighted by atomic mass is 19.1. The Bertz CT molecular complexity index is 364. The van der Waals surface area contributed by atoms with E-state index in [0.29, 0.717) is 0 Å². The van der Waals surface area contributed by atoms with Crippen LogP contribution in [-0.4, -0.2) is 26.9 Å². The SMILES string of the molecule is O=C(CCCF)Cn1cncc1[N+](=O)[O-]. The molecule has 0 aliphatic heterocycles. The maximum absolute atomic E-state index is 11.8. The summed E-state index contributed by atoms with van der Waals surface area (Å²) in [4.78, 5) is 24.6. The Morgan fingerprint density at radius 1 is 1.67 bits per heavy atom. The van der Waals surface area contributed by atoms with E-state index in [1.807, 2.05) is 0 Å². The Morgan fingerprint density at radius 2 is 2.40 bits per heavy atom. The number of carbonyl (C=O) groups is 1. The number of Topliss-reactive ketones (excluding diaryl/α,β-unsaturated/α-hetero) is 1. The Morgan fingerprint density at radius 3 is 3.00 bits per heavy atom. The van der Waals surface area contributed by atoms with Crippen LogP contribution in [0.25, 0.3) is 0 Å². The quantitative estimate of drug-likeness (QED) is 0.526. The molecule has 1 rings (SSSR count). The van der Waals surface area contributed by atoms with Gasteiger partial charge in [0.05, 0.1) is 6.67 Å². The summed E-state index contributed by atoms with van der Waals surface area (Å²) in [5.41, 5.74) is 0. The molecule has 0 aliphatic rings. The van der Waals surface area contributed by atoms with Crippen LogP contribution in [-0.2, 0) is 11.3 Å². The first-order valence-electron chi connectivity index (χ1n) is 4.37. The molecule has 0 spiro atoms. The minimum Gasteiger partial charge on any atom is -0.358 e. The number of halogens is 1. The molecule has 0 aliphatic carbocycles. The van der Waals surface area contributed by atoms with Crippen molar-refractivity contribution in [2.24, 2.45) is 0 Å². The van der Waals surface area contributed by atoms with E-state index in [2.05, 4.69) is 4.98 Å². The van der Waals surface area contributed by atoms with Crippen molar-refractivity contribution in [3.63, 3.8) is 0 Å². The minimum absolute atomic E-state index is 0.0891. The topological polar surface area (TPSA) is 78.0 Å². The summed E-state index contributed by atoms with van der Waals surface area (Å²) in [6.45, 7) is -0.686. The second-order valence-corrected chi connectivity index (χ2v) is 2.97. The number of hydrogen-bond donors (Lipinski definition) is 0. The number of carbonyl (C=O) groups excluding carboxylic acids is 1. The Labute approximate surface area is 84.9 Å². The lowest BCUT2D eigenvalue weighted by atomic mass is 10.2. The van der Waals surface area contributed by atoms with Gasteiger partial charge in [-0.3, -0.25) is 9.18 Å². The molecule has 15 heavy (non-hydrogen) atoms. The highest BCUT2D eigenvalue weighted by Crippen LogP contribution is 2.09. The predicted molar refractivity (Wildman–Crippen MR) is 49.1 cm³/mol.